The second kappa shape index (κ2) is 5.77. The van der Waals surface area contributed by atoms with Gasteiger partial charge in [0.15, 0.2) is 0 Å². The number of amides is 1. The van der Waals surface area contributed by atoms with Gasteiger partial charge in [-0.05, 0) is 28.1 Å². The molecule has 1 amide bonds. The molecule has 94 valence electrons. The quantitative estimate of drug-likeness (QED) is 0.941. The Morgan fingerprint density at radius 2 is 2.22 bits per heavy atom. The fraction of sp³-hybridized carbons (Fsp3) is 0.250. The number of nitrogens with zero attached hydrogens (tertiary/aromatic N) is 2. The lowest BCUT2D eigenvalue weighted by Gasteiger charge is -2.01. The smallest absolute Gasteiger partial charge is 0.270 e. The highest BCUT2D eigenvalue weighted by Crippen LogP contribution is 2.08. The maximum atomic E-state index is 11.7. The van der Waals surface area contributed by atoms with E-state index in [0.717, 1.165) is 16.7 Å². The van der Waals surface area contributed by atoms with Crippen LogP contribution in [0.4, 0.5) is 0 Å². The minimum atomic E-state index is -0.251. The van der Waals surface area contributed by atoms with E-state index in [4.69, 9.17) is 4.42 Å². The van der Waals surface area contributed by atoms with E-state index in [1.165, 1.54) is 0 Å². The van der Waals surface area contributed by atoms with Crippen LogP contribution in [-0.2, 0) is 13.0 Å². The summed E-state index contributed by atoms with van der Waals surface area (Å²) < 4.78 is 6.22. The number of aromatic nitrogens is 2. The molecule has 2 heterocycles. The molecule has 2 rings (SSSR count). The number of carbonyl (C=O) groups excluding carboxylic acids is 1. The lowest BCUT2D eigenvalue weighted by molar-refractivity contribution is 0.0942. The van der Waals surface area contributed by atoms with Crippen LogP contribution in [0.15, 0.2) is 33.4 Å². The summed E-state index contributed by atoms with van der Waals surface area (Å²) in [6.45, 7) is 2.24. The lowest BCUT2D eigenvalue weighted by Crippen LogP contribution is -2.23. The van der Waals surface area contributed by atoms with Gasteiger partial charge in [-0.3, -0.25) is 4.79 Å². The van der Waals surface area contributed by atoms with Gasteiger partial charge in [-0.25, -0.2) is 9.97 Å². The van der Waals surface area contributed by atoms with Gasteiger partial charge < -0.3 is 9.73 Å². The topological polar surface area (TPSA) is 68.0 Å². The van der Waals surface area contributed by atoms with Gasteiger partial charge in [0.2, 0.25) is 5.89 Å². The third-order valence-corrected chi connectivity index (χ3v) is 2.78. The summed E-state index contributed by atoms with van der Waals surface area (Å²) in [7, 11) is 0. The van der Waals surface area contributed by atoms with Crippen molar-refractivity contribution in [2.75, 3.05) is 0 Å². The Balaban J connectivity index is 1.93. The van der Waals surface area contributed by atoms with Crippen molar-refractivity contribution in [1.82, 2.24) is 15.3 Å². The zero-order valence-corrected chi connectivity index (χ0v) is 11.4. The van der Waals surface area contributed by atoms with Crippen molar-refractivity contribution in [1.29, 1.82) is 0 Å². The Morgan fingerprint density at radius 1 is 1.39 bits per heavy atom. The molecule has 0 atom stereocenters. The van der Waals surface area contributed by atoms with Gasteiger partial charge in [-0.1, -0.05) is 6.92 Å². The molecule has 5 nitrogen and oxygen atoms in total. The standard InChI is InChI=1S/C12H12BrN3O2/c1-2-9-6-15-11(18-9)7-16-12(17)10-4-3-8(13)5-14-10/h3-6H,2,7H2,1H3,(H,16,17). The van der Waals surface area contributed by atoms with E-state index in [9.17, 15) is 4.79 Å². The van der Waals surface area contributed by atoms with E-state index in [1.807, 2.05) is 6.92 Å². The molecule has 0 spiro atoms. The number of rotatable bonds is 4. The summed E-state index contributed by atoms with van der Waals surface area (Å²) in [5.74, 6) is 1.05. The van der Waals surface area contributed by atoms with Crippen molar-refractivity contribution in [2.24, 2.45) is 0 Å². The molecule has 1 N–H and O–H groups in total. The number of oxazole rings is 1. The number of pyridine rings is 1. The first kappa shape index (κ1) is 12.8. The number of aryl methyl sites for hydroxylation is 1. The van der Waals surface area contributed by atoms with E-state index in [0.29, 0.717) is 11.6 Å². The first-order valence-electron chi connectivity index (χ1n) is 5.52. The molecule has 6 heteroatoms. The maximum absolute atomic E-state index is 11.7. The number of halogens is 1. The Hall–Kier alpha value is -1.69. The molecule has 0 aliphatic heterocycles. The highest BCUT2D eigenvalue weighted by Gasteiger charge is 2.08. The van der Waals surface area contributed by atoms with Gasteiger partial charge in [-0.15, -0.1) is 0 Å². The van der Waals surface area contributed by atoms with Crippen LogP contribution in [0.2, 0.25) is 0 Å². The van der Waals surface area contributed by atoms with Gasteiger partial charge in [-0.2, -0.15) is 0 Å². The van der Waals surface area contributed by atoms with E-state index in [1.54, 1.807) is 24.5 Å². The molecule has 2 aromatic heterocycles. The Kier molecular flexibility index (Phi) is 4.09. The van der Waals surface area contributed by atoms with Crippen molar-refractivity contribution in [3.8, 4) is 0 Å². The van der Waals surface area contributed by atoms with E-state index in [2.05, 4.69) is 31.2 Å². The van der Waals surface area contributed by atoms with E-state index in [-0.39, 0.29) is 12.5 Å². The first-order chi connectivity index (χ1) is 8.69. The van der Waals surface area contributed by atoms with Crippen LogP contribution >= 0.6 is 15.9 Å². The van der Waals surface area contributed by atoms with Gasteiger partial charge in [0.05, 0.1) is 12.7 Å². The Morgan fingerprint density at radius 3 is 2.83 bits per heavy atom. The monoisotopic (exact) mass is 309 g/mol. The van der Waals surface area contributed by atoms with Gasteiger partial charge >= 0.3 is 0 Å². The summed E-state index contributed by atoms with van der Waals surface area (Å²) in [5, 5.41) is 2.70. The zero-order chi connectivity index (χ0) is 13.0. The van der Waals surface area contributed by atoms with Crippen LogP contribution in [0.1, 0.15) is 29.1 Å². The SMILES string of the molecule is CCc1cnc(CNC(=O)c2ccc(Br)cn2)o1. The van der Waals surface area contributed by atoms with Crippen molar-refractivity contribution >= 4 is 21.8 Å². The summed E-state index contributed by atoms with van der Waals surface area (Å²) in [6.07, 6.45) is 4.03. The average molecular weight is 310 g/mol. The van der Waals surface area contributed by atoms with Gasteiger partial charge in [0.25, 0.3) is 5.91 Å². The molecule has 18 heavy (non-hydrogen) atoms. The third kappa shape index (κ3) is 3.16. The minimum absolute atomic E-state index is 0.251. The largest absolute Gasteiger partial charge is 0.444 e. The number of hydrogen-bond acceptors (Lipinski definition) is 4. The van der Waals surface area contributed by atoms with Crippen LogP contribution in [-0.4, -0.2) is 15.9 Å². The maximum Gasteiger partial charge on any atom is 0.270 e. The fourth-order valence-electron chi connectivity index (χ4n) is 1.35. The zero-order valence-electron chi connectivity index (χ0n) is 9.81. The summed E-state index contributed by atoms with van der Waals surface area (Å²) >= 11 is 3.26. The predicted octanol–water partition coefficient (Wildman–Crippen LogP) is 2.32. The molecule has 0 aromatic carbocycles. The normalized spacial score (nSPS) is 10.3. The Bertz CT molecular complexity index is 537. The van der Waals surface area contributed by atoms with Crippen molar-refractivity contribution in [3.63, 3.8) is 0 Å². The average Bonchev–Trinajstić information content (AvgIpc) is 2.85. The van der Waals surface area contributed by atoms with Crippen LogP contribution in [0.25, 0.3) is 0 Å². The number of nitrogens with one attached hydrogen (secondary N) is 1. The molecule has 0 aliphatic carbocycles. The van der Waals surface area contributed by atoms with E-state index < -0.39 is 0 Å². The third-order valence-electron chi connectivity index (χ3n) is 2.31. The van der Waals surface area contributed by atoms with Gasteiger partial charge in [0, 0.05) is 17.1 Å². The molecule has 0 saturated carbocycles. The number of carbonyl (C=O) groups is 1. The predicted molar refractivity (Wildman–Crippen MR) is 69.0 cm³/mol. The minimum Gasteiger partial charge on any atom is -0.444 e. The molecule has 0 radical (unpaired) electrons. The molecular weight excluding hydrogens is 298 g/mol. The molecule has 0 saturated heterocycles. The molecule has 0 unspecified atom stereocenters. The van der Waals surface area contributed by atoms with Crippen LogP contribution in [0.3, 0.4) is 0 Å². The fourth-order valence-corrected chi connectivity index (χ4v) is 1.58. The van der Waals surface area contributed by atoms with Gasteiger partial charge in [0.1, 0.15) is 11.5 Å². The highest BCUT2D eigenvalue weighted by molar-refractivity contribution is 9.10. The molecule has 0 fully saturated rings. The van der Waals surface area contributed by atoms with Crippen LogP contribution in [0, 0.1) is 0 Å². The second-order valence-electron chi connectivity index (χ2n) is 3.62. The molecule has 0 aliphatic rings. The molecular formula is C12H12BrN3O2. The van der Waals surface area contributed by atoms with E-state index >= 15 is 0 Å². The first-order valence-corrected chi connectivity index (χ1v) is 6.31. The van der Waals surface area contributed by atoms with Crippen LogP contribution < -0.4 is 5.32 Å². The number of hydrogen-bond donors (Lipinski definition) is 1. The van der Waals surface area contributed by atoms with Crippen molar-refractivity contribution in [2.45, 2.75) is 19.9 Å². The lowest BCUT2D eigenvalue weighted by atomic mass is 10.3. The second-order valence-corrected chi connectivity index (χ2v) is 4.53. The molecule has 0 bridgehead atoms. The highest BCUT2D eigenvalue weighted by atomic mass is 79.9. The van der Waals surface area contributed by atoms with Crippen LogP contribution in [0.5, 0.6) is 0 Å². The summed E-state index contributed by atoms with van der Waals surface area (Å²) in [6, 6.07) is 3.41. The summed E-state index contributed by atoms with van der Waals surface area (Å²) in [4.78, 5) is 19.8. The molecule has 2 aromatic rings. The Labute approximate surface area is 113 Å². The van der Waals surface area contributed by atoms with Crippen molar-refractivity contribution < 1.29 is 9.21 Å². The van der Waals surface area contributed by atoms with Crippen molar-refractivity contribution in [3.05, 3.63) is 46.3 Å². The summed E-state index contributed by atoms with van der Waals surface area (Å²) in [5.41, 5.74) is 0.362.